The highest BCUT2D eigenvalue weighted by atomic mass is 16.6. The number of ether oxygens (including phenoxy) is 1. The van der Waals surface area contributed by atoms with E-state index in [0.29, 0.717) is 29.6 Å². The highest BCUT2D eigenvalue weighted by Crippen LogP contribution is 2.24. The van der Waals surface area contributed by atoms with Crippen LogP contribution in [0.25, 0.3) is 0 Å². The highest BCUT2D eigenvalue weighted by Gasteiger charge is 2.08. The maximum atomic E-state index is 12.2. The van der Waals surface area contributed by atoms with Crippen LogP contribution in [-0.2, 0) is 17.6 Å². The number of anilines is 1. The van der Waals surface area contributed by atoms with Crippen molar-refractivity contribution in [3.05, 3.63) is 82.3 Å². The van der Waals surface area contributed by atoms with E-state index in [4.69, 9.17) is 4.74 Å². The Balaban J connectivity index is 1.57. The summed E-state index contributed by atoms with van der Waals surface area (Å²) < 4.78 is 5.65. The number of carbonyl (C=O) groups excluding carboxylic acids is 1. The Hall–Kier alpha value is -3.81. The molecule has 0 aliphatic heterocycles. The number of carbonyl (C=O) groups is 1. The van der Waals surface area contributed by atoms with Gasteiger partial charge in [0, 0.05) is 24.8 Å². The normalized spacial score (nSPS) is 10.3. The largest absolute Gasteiger partial charge is 0.457 e. The summed E-state index contributed by atoms with van der Waals surface area (Å²) in [7, 11) is 0. The van der Waals surface area contributed by atoms with Crippen molar-refractivity contribution in [3.8, 4) is 11.5 Å². The average molecular weight is 378 g/mol. The van der Waals surface area contributed by atoms with E-state index in [-0.39, 0.29) is 18.0 Å². The Morgan fingerprint density at radius 3 is 2.32 bits per heavy atom. The van der Waals surface area contributed by atoms with Crippen LogP contribution in [0.2, 0.25) is 0 Å². The summed E-state index contributed by atoms with van der Waals surface area (Å²) in [4.78, 5) is 30.7. The van der Waals surface area contributed by atoms with Crippen LogP contribution in [0.15, 0.2) is 60.8 Å². The number of hydrogen-bond acceptors (Lipinski definition) is 6. The molecule has 3 rings (SSSR count). The van der Waals surface area contributed by atoms with Crippen LogP contribution in [0.3, 0.4) is 0 Å². The van der Waals surface area contributed by atoms with Gasteiger partial charge in [-0.3, -0.25) is 14.9 Å². The highest BCUT2D eigenvalue weighted by molar-refractivity contribution is 5.91. The van der Waals surface area contributed by atoms with Crippen LogP contribution in [-0.4, -0.2) is 20.8 Å². The van der Waals surface area contributed by atoms with Gasteiger partial charge in [-0.1, -0.05) is 19.1 Å². The van der Waals surface area contributed by atoms with Crippen LogP contribution in [0.5, 0.6) is 11.5 Å². The molecule has 28 heavy (non-hydrogen) atoms. The first-order valence-electron chi connectivity index (χ1n) is 8.66. The molecule has 8 heteroatoms. The Morgan fingerprint density at radius 1 is 1.07 bits per heavy atom. The van der Waals surface area contributed by atoms with Gasteiger partial charge in [-0.05, 0) is 35.9 Å². The number of aromatic nitrogens is 2. The fourth-order valence-electron chi connectivity index (χ4n) is 2.46. The minimum Gasteiger partial charge on any atom is -0.457 e. The summed E-state index contributed by atoms with van der Waals surface area (Å²) in [6.07, 6.45) is 2.51. The van der Waals surface area contributed by atoms with Gasteiger partial charge in [0.25, 0.3) is 5.69 Å². The van der Waals surface area contributed by atoms with Gasteiger partial charge in [0.1, 0.15) is 23.1 Å². The summed E-state index contributed by atoms with van der Waals surface area (Å²) in [6.45, 7) is 1.95. The van der Waals surface area contributed by atoms with E-state index in [1.54, 1.807) is 36.5 Å². The lowest BCUT2D eigenvalue weighted by atomic mass is 10.1. The summed E-state index contributed by atoms with van der Waals surface area (Å²) in [5, 5.41) is 13.4. The molecule has 0 bridgehead atoms. The number of amides is 1. The Kier molecular flexibility index (Phi) is 5.91. The molecule has 0 aliphatic rings. The second-order valence-electron chi connectivity index (χ2n) is 5.93. The lowest BCUT2D eigenvalue weighted by Gasteiger charge is -2.08. The predicted molar refractivity (Wildman–Crippen MR) is 103 cm³/mol. The minimum atomic E-state index is -0.464. The molecule has 142 valence electrons. The van der Waals surface area contributed by atoms with Gasteiger partial charge in [-0.15, -0.1) is 0 Å². The van der Waals surface area contributed by atoms with Crippen molar-refractivity contribution in [2.75, 3.05) is 5.32 Å². The number of nitrogens with one attached hydrogen (secondary N) is 1. The van der Waals surface area contributed by atoms with E-state index in [1.165, 1.54) is 24.3 Å². The van der Waals surface area contributed by atoms with E-state index < -0.39 is 4.92 Å². The van der Waals surface area contributed by atoms with E-state index in [0.717, 1.165) is 5.56 Å². The molecule has 0 atom stereocenters. The molecule has 2 aromatic carbocycles. The maximum absolute atomic E-state index is 12.2. The summed E-state index contributed by atoms with van der Waals surface area (Å²) in [6, 6.07) is 14.5. The van der Waals surface area contributed by atoms with Gasteiger partial charge >= 0.3 is 0 Å². The molecule has 0 fully saturated rings. The first-order valence-corrected chi connectivity index (χ1v) is 8.66. The zero-order valence-electron chi connectivity index (χ0n) is 15.2. The van der Waals surface area contributed by atoms with Gasteiger partial charge in [-0.25, -0.2) is 9.97 Å². The van der Waals surface area contributed by atoms with Gasteiger partial charge in [0.05, 0.1) is 11.3 Å². The molecular weight excluding hydrogens is 360 g/mol. The van der Waals surface area contributed by atoms with Gasteiger partial charge in [0.2, 0.25) is 5.91 Å². The summed E-state index contributed by atoms with van der Waals surface area (Å²) >= 11 is 0. The quantitative estimate of drug-likeness (QED) is 0.493. The van der Waals surface area contributed by atoms with Crippen molar-refractivity contribution in [1.29, 1.82) is 0 Å². The van der Waals surface area contributed by atoms with Crippen molar-refractivity contribution in [2.24, 2.45) is 0 Å². The fourth-order valence-corrected chi connectivity index (χ4v) is 2.46. The molecule has 0 radical (unpaired) electrons. The van der Waals surface area contributed by atoms with Crippen LogP contribution in [0.4, 0.5) is 11.5 Å². The van der Waals surface area contributed by atoms with Crippen molar-refractivity contribution in [3.63, 3.8) is 0 Å². The number of hydrogen-bond donors (Lipinski definition) is 1. The minimum absolute atomic E-state index is 0.00320. The average Bonchev–Trinajstić information content (AvgIpc) is 2.70. The van der Waals surface area contributed by atoms with E-state index in [2.05, 4.69) is 15.3 Å². The molecule has 0 unspecified atom stereocenters. The standard InChI is InChI=1S/C20H18N4O4/c1-2-18-21-12-11-19(22-18)23-20(25)13-14-3-7-16(8-4-14)28-17-9-5-15(6-10-17)24(26)27/h3-12H,2,13H2,1H3,(H,21,22,23,25). The molecule has 8 nitrogen and oxygen atoms in total. The number of aryl methyl sites for hydroxylation is 1. The number of nitro groups is 1. The molecule has 1 aromatic heterocycles. The topological polar surface area (TPSA) is 107 Å². The number of benzene rings is 2. The number of nitro benzene ring substituents is 1. The smallest absolute Gasteiger partial charge is 0.269 e. The van der Waals surface area contributed by atoms with Crippen LogP contribution < -0.4 is 10.1 Å². The molecule has 0 spiro atoms. The second kappa shape index (κ2) is 8.72. The number of nitrogens with zero attached hydrogens (tertiary/aromatic N) is 3. The molecule has 1 amide bonds. The molecule has 1 heterocycles. The first kappa shape index (κ1) is 19.0. The Morgan fingerprint density at radius 2 is 1.71 bits per heavy atom. The van der Waals surface area contributed by atoms with Crippen LogP contribution in [0.1, 0.15) is 18.3 Å². The van der Waals surface area contributed by atoms with Crippen molar-refractivity contribution < 1.29 is 14.5 Å². The van der Waals surface area contributed by atoms with Crippen molar-refractivity contribution in [2.45, 2.75) is 19.8 Å². The molecule has 0 saturated heterocycles. The van der Waals surface area contributed by atoms with E-state index in [9.17, 15) is 14.9 Å². The SMILES string of the molecule is CCc1nccc(NC(=O)Cc2ccc(Oc3ccc([N+](=O)[O-])cc3)cc2)n1. The monoisotopic (exact) mass is 378 g/mol. The molecular formula is C20H18N4O4. The zero-order valence-corrected chi connectivity index (χ0v) is 15.2. The first-order chi connectivity index (χ1) is 13.5. The van der Waals surface area contributed by atoms with Crippen LogP contribution in [0, 0.1) is 10.1 Å². The fraction of sp³-hybridized carbons (Fsp3) is 0.150. The second-order valence-corrected chi connectivity index (χ2v) is 5.93. The lowest BCUT2D eigenvalue weighted by Crippen LogP contribution is -2.15. The number of non-ortho nitro benzene ring substituents is 1. The number of rotatable bonds is 7. The lowest BCUT2D eigenvalue weighted by molar-refractivity contribution is -0.384. The third-order valence-electron chi connectivity index (χ3n) is 3.86. The van der Waals surface area contributed by atoms with E-state index in [1.807, 2.05) is 6.92 Å². The van der Waals surface area contributed by atoms with E-state index >= 15 is 0 Å². The van der Waals surface area contributed by atoms with Gasteiger partial charge in [-0.2, -0.15) is 0 Å². The van der Waals surface area contributed by atoms with Gasteiger partial charge < -0.3 is 10.1 Å². The molecule has 3 aromatic rings. The molecule has 0 aliphatic carbocycles. The maximum Gasteiger partial charge on any atom is 0.269 e. The predicted octanol–water partition coefficient (Wildman–Crippen LogP) is 3.92. The Labute approximate surface area is 161 Å². The summed E-state index contributed by atoms with van der Waals surface area (Å²) in [5.41, 5.74) is 0.821. The third kappa shape index (κ3) is 5.10. The molecule has 1 N–H and O–H groups in total. The summed E-state index contributed by atoms with van der Waals surface area (Å²) in [5.74, 6) is 2.04. The third-order valence-corrected chi connectivity index (χ3v) is 3.86. The van der Waals surface area contributed by atoms with Crippen molar-refractivity contribution >= 4 is 17.4 Å². The molecule has 0 saturated carbocycles. The van der Waals surface area contributed by atoms with Crippen LogP contribution >= 0.6 is 0 Å². The van der Waals surface area contributed by atoms with Crippen molar-refractivity contribution in [1.82, 2.24) is 9.97 Å². The zero-order chi connectivity index (χ0) is 19.9. The van der Waals surface area contributed by atoms with Gasteiger partial charge in [0.15, 0.2) is 0 Å². The Bertz CT molecular complexity index is 972.